The lowest BCUT2D eigenvalue weighted by molar-refractivity contribution is 0.0963. The zero-order valence-electron chi connectivity index (χ0n) is 17.4. The van der Waals surface area contributed by atoms with Gasteiger partial charge in [0.05, 0.1) is 16.3 Å². The van der Waals surface area contributed by atoms with Gasteiger partial charge in [-0.15, -0.1) is 0 Å². The molecule has 6 heteroatoms. The first-order valence-corrected chi connectivity index (χ1v) is 10.8. The fourth-order valence-electron chi connectivity index (χ4n) is 2.80. The third-order valence-electron chi connectivity index (χ3n) is 4.46. The molecule has 1 rings (SSSR count). The molecule has 1 amide bonds. The van der Waals surface area contributed by atoms with Crippen molar-refractivity contribution in [3.05, 3.63) is 29.5 Å². The number of hydrogen-bond acceptors (Lipinski definition) is 5. The first-order chi connectivity index (χ1) is 13.1. The van der Waals surface area contributed by atoms with Crippen LogP contribution in [0.1, 0.15) is 70.2 Å². The van der Waals surface area contributed by atoms with Crippen LogP contribution in [0.3, 0.4) is 0 Å². The highest BCUT2D eigenvalue weighted by atomic mass is 32.2. The van der Waals surface area contributed by atoms with Gasteiger partial charge in [-0.05, 0) is 49.9 Å². The minimum atomic E-state index is -0.120. The summed E-state index contributed by atoms with van der Waals surface area (Å²) in [6.07, 6.45) is 7.17. The molecule has 0 spiro atoms. The van der Waals surface area contributed by atoms with Crippen LogP contribution in [0.5, 0.6) is 5.75 Å². The molecular weight excluding hydrogens is 358 g/mol. The van der Waals surface area contributed by atoms with Crippen molar-refractivity contribution >= 4 is 23.5 Å². The van der Waals surface area contributed by atoms with Crippen molar-refractivity contribution in [1.82, 2.24) is 5.32 Å². The molecule has 0 atom stereocenters. The van der Waals surface area contributed by atoms with Crippen LogP contribution >= 0.6 is 11.9 Å². The number of ether oxygens (including phenoxy) is 1. The lowest BCUT2D eigenvalue weighted by Gasteiger charge is -2.28. The molecule has 1 aromatic rings. The molecule has 0 aliphatic rings. The number of unbranched alkanes of at least 4 members (excludes halogenated alkanes) is 2. The molecule has 0 aliphatic heterocycles. The van der Waals surface area contributed by atoms with Crippen molar-refractivity contribution in [3.8, 4) is 5.75 Å². The zero-order valence-corrected chi connectivity index (χ0v) is 18.2. The van der Waals surface area contributed by atoms with Gasteiger partial charge in [0, 0.05) is 32.1 Å². The number of carbonyl (C=O) groups excluding carboxylic acids is 1. The third-order valence-corrected chi connectivity index (χ3v) is 5.02. The first-order valence-electron chi connectivity index (χ1n) is 9.90. The van der Waals surface area contributed by atoms with E-state index in [2.05, 4.69) is 31.0 Å². The topological polar surface area (TPSA) is 67.6 Å². The Kier molecular flexibility index (Phi) is 11.0. The number of hydrogen-bond donors (Lipinski definition) is 2. The standard InChI is InChI=1S/C21H35N3O2S/c1-6-10-12-24(13-11-7-2)18-14-16(21(25)23-5)15-19(27-22)20(18)26-17(8-3)9-4/h8,14-15H,6-7,9-13,22H2,1-5H3,(H,23,25)/b17-8+. The van der Waals surface area contributed by atoms with Gasteiger partial charge in [0.25, 0.3) is 5.91 Å². The summed E-state index contributed by atoms with van der Waals surface area (Å²) in [5.41, 5.74) is 1.54. The highest BCUT2D eigenvalue weighted by Gasteiger charge is 2.21. The fraction of sp³-hybridized carbons (Fsp3) is 0.571. The van der Waals surface area contributed by atoms with Crippen molar-refractivity contribution < 1.29 is 9.53 Å². The number of nitrogens with one attached hydrogen (secondary N) is 1. The molecular formula is C21H35N3O2S. The van der Waals surface area contributed by atoms with Crippen LogP contribution in [0, 0.1) is 0 Å². The molecule has 0 saturated carbocycles. The minimum Gasteiger partial charge on any atom is -0.459 e. The van der Waals surface area contributed by atoms with E-state index in [4.69, 9.17) is 9.88 Å². The summed E-state index contributed by atoms with van der Waals surface area (Å²) in [6.45, 7) is 10.3. The van der Waals surface area contributed by atoms with Gasteiger partial charge in [-0.1, -0.05) is 33.6 Å². The van der Waals surface area contributed by atoms with Crippen molar-refractivity contribution in [3.63, 3.8) is 0 Å². The Bertz CT molecular complexity index is 624. The summed E-state index contributed by atoms with van der Waals surface area (Å²) in [5.74, 6) is 1.52. The monoisotopic (exact) mass is 393 g/mol. The molecule has 0 fully saturated rings. The van der Waals surface area contributed by atoms with E-state index in [-0.39, 0.29) is 5.91 Å². The zero-order chi connectivity index (χ0) is 20.2. The number of benzene rings is 1. The lowest BCUT2D eigenvalue weighted by atomic mass is 10.1. The smallest absolute Gasteiger partial charge is 0.251 e. The summed E-state index contributed by atoms with van der Waals surface area (Å²) in [4.78, 5) is 15.4. The van der Waals surface area contributed by atoms with Gasteiger partial charge in [-0.2, -0.15) is 0 Å². The summed E-state index contributed by atoms with van der Waals surface area (Å²) in [6, 6.07) is 3.74. The van der Waals surface area contributed by atoms with Gasteiger partial charge < -0.3 is 15.0 Å². The van der Waals surface area contributed by atoms with Crippen LogP contribution in [0.2, 0.25) is 0 Å². The second-order valence-electron chi connectivity index (χ2n) is 6.42. The normalized spacial score (nSPS) is 11.4. The molecule has 152 valence electrons. The van der Waals surface area contributed by atoms with Crippen molar-refractivity contribution in [1.29, 1.82) is 0 Å². The average molecular weight is 394 g/mol. The minimum absolute atomic E-state index is 0.120. The van der Waals surface area contributed by atoms with Crippen LogP contribution in [0.4, 0.5) is 5.69 Å². The second kappa shape index (κ2) is 12.7. The third kappa shape index (κ3) is 6.78. The number of anilines is 1. The van der Waals surface area contributed by atoms with Gasteiger partial charge >= 0.3 is 0 Å². The summed E-state index contributed by atoms with van der Waals surface area (Å²) in [7, 11) is 1.64. The number of rotatable bonds is 12. The second-order valence-corrected chi connectivity index (χ2v) is 7.10. The summed E-state index contributed by atoms with van der Waals surface area (Å²) >= 11 is 1.12. The first kappa shape index (κ1) is 23.4. The van der Waals surface area contributed by atoms with Crippen LogP contribution in [-0.2, 0) is 0 Å². The maximum absolute atomic E-state index is 12.3. The van der Waals surface area contributed by atoms with Crippen LogP contribution in [0.25, 0.3) is 0 Å². The Hall–Kier alpha value is -1.66. The van der Waals surface area contributed by atoms with Gasteiger partial charge in [-0.3, -0.25) is 9.93 Å². The van der Waals surface area contributed by atoms with Crippen molar-refractivity contribution in [2.75, 3.05) is 25.0 Å². The van der Waals surface area contributed by atoms with E-state index in [1.807, 2.05) is 25.1 Å². The molecule has 0 heterocycles. The number of carbonyl (C=O) groups is 1. The fourth-order valence-corrected chi connectivity index (χ4v) is 3.25. The summed E-state index contributed by atoms with van der Waals surface area (Å²) in [5, 5.41) is 8.66. The molecule has 0 aliphatic carbocycles. The van der Waals surface area contributed by atoms with Gasteiger partial charge in [0.15, 0.2) is 5.75 Å². The molecule has 0 bridgehead atoms. The maximum Gasteiger partial charge on any atom is 0.251 e. The highest BCUT2D eigenvalue weighted by Crippen LogP contribution is 2.40. The summed E-state index contributed by atoms with van der Waals surface area (Å²) < 4.78 is 6.26. The Labute approximate surface area is 168 Å². The quantitative estimate of drug-likeness (QED) is 0.381. The van der Waals surface area contributed by atoms with Crippen molar-refractivity contribution in [2.24, 2.45) is 5.14 Å². The highest BCUT2D eigenvalue weighted by molar-refractivity contribution is 7.97. The SMILES string of the molecule is C/C=C(\CC)Oc1c(SN)cc(C(=O)NC)cc1N(CCCC)CCCC. The van der Waals surface area contributed by atoms with Crippen LogP contribution in [0.15, 0.2) is 28.9 Å². The molecule has 0 saturated heterocycles. The number of allylic oxidation sites excluding steroid dienone is 2. The van der Waals surface area contributed by atoms with Gasteiger partial charge in [0.2, 0.25) is 0 Å². The van der Waals surface area contributed by atoms with Gasteiger partial charge in [0.1, 0.15) is 0 Å². The van der Waals surface area contributed by atoms with Gasteiger partial charge in [-0.25, -0.2) is 0 Å². The van der Waals surface area contributed by atoms with E-state index < -0.39 is 0 Å². The molecule has 0 radical (unpaired) electrons. The lowest BCUT2D eigenvalue weighted by Crippen LogP contribution is -2.27. The maximum atomic E-state index is 12.3. The molecule has 3 N–H and O–H groups in total. The van der Waals surface area contributed by atoms with Crippen LogP contribution < -0.4 is 20.1 Å². The predicted octanol–water partition coefficient (Wildman–Crippen LogP) is 5.11. The predicted molar refractivity (Wildman–Crippen MR) is 117 cm³/mol. The van der Waals surface area contributed by atoms with E-state index in [1.165, 1.54) is 0 Å². The molecule has 0 unspecified atom stereocenters. The molecule has 27 heavy (non-hydrogen) atoms. The molecule has 1 aromatic carbocycles. The van der Waals surface area contributed by atoms with E-state index in [1.54, 1.807) is 7.05 Å². The molecule has 5 nitrogen and oxygen atoms in total. The van der Waals surface area contributed by atoms with E-state index >= 15 is 0 Å². The van der Waals surface area contributed by atoms with E-state index in [9.17, 15) is 4.79 Å². The molecule has 0 aromatic heterocycles. The Morgan fingerprint density at radius 2 is 1.85 bits per heavy atom. The van der Waals surface area contributed by atoms with Crippen molar-refractivity contribution in [2.45, 2.75) is 64.7 Å². The number of nitrogens with zero attached hydrogens (tertiary/aromatic N) is 1. The van der Waals surface area contributed by atoms with E-state index in [0.29, 0.717) is 5.56 Å². The Morgan fingerprint density at radius 1 is 1.22 bits per heavy atom. The largest absolute Gasteiger partial charge is 0.459 e. The Balaban J connectivity index is 3.52. The van der Waals surface area contributed by atoms with E-state index in [0.717, 1.165) is 79.2 Å². The number of nitrogens with two attached hydrogens (primary N) is 1. The number of amides is 1. The van der Waals surface area contributed by atoms with Crippen LogP contribution in [-0.4, -0.2) is 26.0 Å². The Morgan fingerprint density at radius 3 is 2.30 bits per heavy atom. The average Bonchev–Trinajstić information content (AvgIpc) is 2.71.